The number of pyridine rings is 1. The highest BCUT2D eigenvalue weighted by Gasteiger charge is 2.04. The predicted molar refractivity (Wildman–Crippen MR) is 53.4 cm³/mol. The average molecular weight is 195 g/mol. The van der Waals surface area contributed by atoms with Crippen molar-refractivity contribution in [1.29, 1.82) is 0 Å². The van der Waals surface area contributed by atoms with Crippen LogP contribution in [0.2, 0.25) is 0 Å². The lowest BCUT2D eigenvalue weighted by molar-refractivity contribution is -0.131. The Morgan fingerprint density at radius 3 is 2.85 bits per heavy atom. The van der Waals surface area contributed by atoms with Crippen molar-refractivity contribution >= 4 is 23.8 Å². The minimum absolute atomic E-state index is 0.290. The van der Waals surface area contributed by atoms with Gasteiger partial charge in [0, 0.05) is 6.20 Å². The van der Waals surface area contributed by atoms with E-state index in [2.05, 4.69) is 4.98 Å². The van der Waals surface area contributed by atoms with Crippen LogP contribution in [0.1, 0.15) is 5.69 Å². The van der Waals surface area contributed by atoms with Gasteiger partial charge < -0.3 is 5.11 Å². The van der Waals surface area contributed by atoms with Crippen molar-refractivity contribution in [3.63, 3.8) is 0 Å². The summed E-state index contributed by atoms with van der Waals surface area (Å²) in [6, 6.07) is 5.37. The molecule has 0 saturated carbocycles. The van der Waals surface area contributed by atoms with Crippen molar-refractivity contribution < 1.29 is 9.90 Å². The van der Waals surface area contributed by atoms with Crippen LogP contribution in [0, 0.1) is 0 Å². The van der Waals surface area contributed by atoms with Crippen LogP contribution in [-0.2, 0) is 4.79 Å². The molecule has 0 fully saturated rings. The molecule has 0 amide bonds. The molecule has 1 heterocycles. The van der Waals surface area contributed by atoms with Gasteiger partial charge in [0.1, 0.15) is 0 Å². The first-order valence-corrected chi connectivity index (χ1v) is 4.86. The smallest absolute Gasteiger partial charge is 0.342 e. The highest BCUT2D eigenvalue weighted by molar-refractivity contribution is 8.03. The van der Waals surface area contributed by atoms with Crippen LogP contribution in [-0.4, -0.2) is 22.3 Å². The lowest BCUT2D eigenvalue weighted by Gasteiger charge is -1.96. The highest BCUT2D eigenvalue weighted by Crippen LogP contribution is 2.14. The SMILES string of the molecule is CS/C(=C\c1ccccn1)C(=O)O. The molecule has 0 aromatic carbocycles. The van der Waals surface area contributed by atoms with Gasteiger partial charge in [-0.3, -0.25) is 4.98 Å². The van der Waals surface area contributed by atoms with Gasteiger partial charge in [-0.1, -0.05) is 6.07 Å². The van der Waals surface area contributed by atoms with Gasteiger partial charge in [-0.2, -0.15) is 0 Å². The van der Waals surface area contributed by atoms with E-state index in [9.17, 15) is 4.79 Å². The third-order valence-electron chi connectivity index (χ3n) is 1.40. The van der Waals surface area contributed by atoms with Crippen LogP contribution in [0.25, 0.3) is 6.08 Å². The third kappa shape index (κ3) is 2.91. The first-order valence-electron chi connectivity index (χ1n) is 3.64. The normalized spacial score (nSPS) is 11.3. The molecular formula is C9H9NO2S. The summed E-state index contributed by atoms with van der Waals surface area (Å²) in [4.78, 5) is 14.9. The van der Waals surface area contributed by atoms with Crippen LogP contribution in [0.5, 0.6) is 0 Å². The quantitative estimate of drug-likeness (QED) is 0.748. The van der Waals surface area contributed by atoms with Crippen molar-refractivity contribution in [2.75, 3.05) is 6.26 Å². The first kappa shape index (κ1) is 9.80. The van der Waals surface area contributed by atoms with Gasteiger partial charge in [0.15, 0.2) is 0 Å². The maximum absolute atomic E-state index is 10.6. The molecule has 3 nitrogen and oxygen atoms in total. The van der Waals surface area contributed by atoms with Gasteiger partial charge in [-0.05, 0) is 24.5 Å². The molecule has 1 rings (SSSR count). The highest BCUT2D eigenvalue weighted by atomic mass is 32.2. The van der Waals surface area contributed by atoms with E-state index in [1.165, 1.54) is 11.8 Å². The summed E-state index contributed by atoms with van der Waals surface area (Å²) < 4.78 is 0. The summed E-state index contributed by atoms with van der Waals surface area (Å²) >= 11 is 1.19. The fourth-order valence-corrected chi connectivity index (χ4v) is 1.22. The predicted octanol–water partition coefficient (Wildman–Crippen LogP) is 1.87. The van der Waals surface area contributed by atoms with E-state index in [4.69, 9.17) is 5.11 Å². The molecule has 68 valence electrons. The molecule has 0 aliphatic rings. The second kappa shape index (κ2) is 4.67. The van der Waals surface area contributed by atoms with Gasteiger partial charge in [0.05, 0.1) is 10.6 Å². The lowest BCUT2D eigenvalue weighted by atomic mass is 10.3. The molecule has 1 aromatic rings. The van der Waals surface area contributed by atoms with Gasteiger partial charge in [0.25, 0.3) is 0 Å². The third-order valence-corrected chi connectivity index (χ3v) is 2.13. The standard InChI is InChI=1S/C9H9NO2S/c1-13-8(9(11)12)6-7-4-2-3-5-10-7/h2-6H,1H3,(H,11,12)/b8-6-. The Bertz CT molecular complexity index is 322. The molecule has 1 N–H and O–H groups in total. The molecule has 0 spiro atoms. The Balaban J connectivity index is 2.92. The van der Waals surface area contributed by atoms with Crippen molar-refractivity contribution in [2.45, 2.75) is 0 Å². The summed E-state index contributed by atoms with van der Waals surface area (Å²) in [5, 5.41) is 8.72. The molecule has 0 radical (unpaired) electrons. The topological polar surface area (TPSA) is 50.2 Å². The largest absolute Gasteiger partial charge is 0.477 e. The fraction of sp³-hybridized carbons (Fsp3) is 0.111. The van der Waals surface area contributed by atoms with E-state index in [1.807, 2.05) is 6.07 Å². The van der Waals surface area contributed by atoms with Gasteiger partial charge in [-0.15, -0.1) is 11.8 Å². The van der Waals surface area contributed by atoms with Crippen molar-refractivity contribution in [1.82, 2.24) is 4.98 Å². The van der Waals surface area contributed by atoms with Crippen LogP contribution in [0.15, 0.2) is 29.3 Å². The van der Waals surface area contributed by atoms with Crippen LogP contribution in [0.4, 0.5) is 0 Å². The number of rotatable bonds is 3. The van der Waals surface area contributed by atoms with Crippen molar-refractivity contribution in [3.05, 3.63) is 35.0 Å². The van der Waals surface area contributed by atoms with Gasteiger partial charge >= 0.3 is 5.97 Å². The van der Waals surface area contributed by atoms with E-state index in [0.29, 0.717) is 10.6 Å². The minimum Gasteiger partial charge on any atom is -0.477 e. The number of carboxylic acid groups (broad SMARTS) is 1. The summed E-state index contributed by atoms with van der Waals surface area (Å²) in [7, 11) is 0. The Hall–Kier alpha value is -1.29. The minimum atomic E-state index is -0.918. The summed E-state index contributed by atoms with van der Waals surface area (Å²) in [5.41, 5.74) is 0.661. The molecular weight excluding hydrogens is 186 g/mol. The van der Waals surface area contributed by atoms with E-state index in [0.717, 1.165) is 0 Å². The molecule has 0 aliphatic carbocycles. The number of nitrogens with zero attached hydrogens (tertiary/aromatic N) is 1. The maximum atomic E-state index is 10.6. The summed E-state index contributed by atoms with van der Waals surface area (Å²) in [5.74, 6) is -0.918. The van der Waals surface area contributed by atoms with Crippen LogP contribution >= 0.6 is 11.8 Å². The zero-order valence-corrected chi connectivity index (χ0v) is 7.91. The zero-order valence-electron chi connectivity index (χ0n) is 7.10. The van der Waals surface area contributed by atoms with Crippen molar-refractivity contribution in [2.24, 2.45) is 0 Å². The fourth-order valence-electron chi connectivity index (χ4n) is 0.804. The molecule has 4 heteroatoms. The number of hydrogen-bond acceptors (Lipinski definition) is 3. The van der Waals surface area contributed by atoms with Crippen LogP contribution < -0.4 is 0 Å². The zero-order chi connectivity index (χ0) is 9.68. The monoisotopic (exact) mass is 195 g/mol. The summed E-state index contributed by atoms with van der Waals surface area (Å²) in [6.45, 7) is 0. The second-order valence-corrected chi connectivity index (χ2v) is 3.12. The second-order valence-electron chi connectivity index (χ2n) is 2.27. The first-order chi connectivity index (χ1) is 6.24. The molecule has 0 saturated heterocycles. The summed E-state index contributed by atoms with van der Waals surface area (Å²) in [6.07, 6.45) is 4.90. The number of carboxylic acids is 1. The Morgan fingerprint density at radius 1 is 1.62 bits per heavy atom. The average Bonchev–Trinajstić information content (AvgIpc) is 2.15. The molecule has 13 heavy (non-hydrogen) atoms. The van der Waals surface area contributed by atoms with Gasteiger partial charge in [0.2, 0.25) is 0 Å². The van der Waals surface area contributed by atoms with Gasteiger partial charge in [-0.25, -0.2) is 4.79 Å². The number of aromatic nitrogens is 1. The van der Waals surface area contributed by atoms with E-state index >= 15 is 0 Å². The number of aliphatic carboxylic acids is 1. The molecule has 0 atom stereocenters. The Kier molecular flexibility index (Phi) is 3.52. The van der Waals surface area contributed by atoms with Crippen LogP contribution in [0.3, 0.4) is 0 Å². The number of hydrogen-bond donors (Lipinski definition) is 1. The molecule has 0 aliphatic heterocycles. The number of thioether (sulfide) groups is 1. The number of carbonyl (C=O) groups is 1. The van der Waals surface area contributed by atoms with E-state index < -0.39 is 5.97 Å². The lowest BCUT2D eigenvalue weighted by Crippen LogP contribution is -1.96. The maximum Gasteiger partial charge on any atom is 0.342 e. The van der Waals surface area contributed by atoms with E-state index in [-0.39, 0.29) is 0 Å². The molecule has 0 unspecified atom stereocenters. The Morgan fingerprint density at radius 2 is 2.38 bits per heavy atom. The molecule has 1 aromatic heterocycles. The molecule has 0 bridgehead atoms. The Labute approximate surface area is 80.5 Å². The van der Waals surface area contributed by atoms with Crippen molar-refractivity contribution in [3.8, 4) is 0 Å². The van der Waals surface area contributed by atoms with E-state index in [1.54, 1.807) is 30.7 Å².